The molecule has 1 nitrogen and oxygen atoms in total. The van der Waals surface area contributed by atoms with Gasteiger partial charge in [-0.15, -0.1) is 0 Å². The largest absolute Gasteiger partial charge is 0.323 e. The van der Waals surface area contributed by atoms with Crippen molar-refractivity contribution < 1.29 is 0 Å². The summed E-state index contributed by atoms with van der Waals surface area (Å²) < 4.78 is 0. The third-order valence-corrected chi connectivity index (χ3v) is 1.25. The lowest BCUT2D eigenvalue weighted by Gasteiger charge is -2.02. The summed E-state index contributed by atoms with van der Waals surface area (Å²) in [6, 6.07) is 0. The number of nitrogens with two attached hydrogens (primary N) is 1. The average molecular weight is 108 g/mol. The lowest BCUT2D eigenvalue weighted by atomic mass is 10.1. The molecule has 1 aliphatic rings. The molecule has 1 radical (unpaired) electrons. The minimum Gasteiger partial charge on any atom is -0.323 e. The highest BCUT2D eigenvalue weighted by Gasteiger charge is 1.93. The zero-order valence-electron chi connectivity index (χ0n) is 4.80. The molecule has 0 fully saturated rings. The maximum Gasteiger partial charge on any atom is 0.0450 e. The number of hydrogen-bond donors (Lipinski definition) is 1. The average Bonchev–Trinajstić information content (AvgIpc) is 1.90. The van der Waals surface area contributed by atoms with Crippen LogP contribution in [0.5, 0.6) is 0 Å². The lowest BCUT2D eigenvalue weighted by Crippen LogP contribution is -1.95. The molecule has 0 aromatic carbocycles. The van der Waals surface area contributed by atoms with Crippen LogP contribution in [0.15, 0.2) is 23.8 Å². The molecule has 0 saturated carbocycles. The summed E-state index contributed by atoms with van der Waals surface area (Å²) in [4.78, 5) is 0. The zero-order chi connectivity index (χ0) is 5.82. The Morgan fingerprint density at radius 2 is 2.38 bits per heavy atom. The van der Waals surface area contributed by atoms with Gasteiger partial charge in [0.2, 0.25) is 0 Å². The molecule has 8 heavy (non-hydrogen) atoms. The van der Waals surface area contributed by atoms with Crippen molar-refractivity contribution in [3.8, 4) is 0 Å². The quantitative estimate of drug-likeness (QED) is 0.504. The maximum atomic E-state index is 5.28. The van der Waals surface area contributed by atoms with Crippen molar-refractivity contribution in [1.82, 2.24) is 0 Å². The molecule has 0 amide bonds. The van der Waals surface area contributed by atoms with Gasteiger partial charge in [0.25, 0.3) is 0 Å². The number of allylic oxidation sites excluding steroid dienone is 3. The summed E-state index contributed by atoms with van der Waals surface area (Å²) in [6.07, 6.45) is 8.48. The van der Waals surface area contributed by atoms with Crippen molar-refractivity contribution >= 4 is 0 Å². The summed E-state index contributed by atoms with van der Waals surface area (Å²) >= 11 is 0. The van der Waals surface area contributed by atoms with Crippen LogP contribution >= 0.6 is 0 Å². The first kappa shape index (κ1) is 5.57. The highest BCUT2D eigenvalue weighted by Crippen LogP contribution is 2.10. The van der Waals surface area contributed by atoms with Gasteiger partial charge in [0.1, 0.15) is 0 Å². The molecule has 1 heteroatoms. The fraction of sp³-hybridized carbons (Fsp3) is 0.286. The predicted octanol–water partition coefficient (Wildman–Crippen LogP) is 1.38. The Balaban J connectivity index is 2.43. The summed E-state index contributed by atoms with van der Waals surface area (Å²) in [7, 11) is 0. The summed E-state index contributed by atoms with van der Waals surface area (Å²) in [5.74, 6) is 0. The topological polar surface area (TPSA) is 26.0 Å². The Bertz CT molecular complexity index is 122. The monoisotopic (exact) mass is 108 g/mol. The van der Waals surface area contributed by atoms with Crippen molar-refractivity contribution in [3.05, 3.63) is 30.3 Å². The van der Waals surface area contributed by atoms with E-state index >= 15 is 0 Å². The molecule has 1 aliphatic carbocycles. The third kappa shape index (κ3) is 1.20. The molecular weight excluding hydrogens is 98.1 g/mol. The van der Waals surface area contributed by atoms with Crippen molar-refractivity contribution in [3.63, 3.8) is 0 Å². The minimum atomic E-state index is 1.01. The Morgan fingerprint density at radius 3 is 2.75 bits per heavy atom. The highest BCUT2D eigenvalue weighted by atomic mass is 14.5. The van der Waals surface area contributed by atoms with Crippen LogP contribution < -0.4 is 5.73 Å². The summed E-state index contributed by atoms with van der Waals surface area (Å²) in [5.41, 5.74) is 6.52. The number of rotatable bonds is 1. The Hall–Kier alpha value is -0.560. The predicted molar refractivity (Wildman–Crippen MR) is 34.9 cm³/mol. The second-order valence-electron chi connectivity index (χ2n) is 1.86. The Morgan fingerprint density at radius 1 is 1.50 bits per heavy atom. The lowest BCUT2D eigenvalue weighted by molar-refractivity contribution is 1.10. The molecule has 2 N–H and O–H groups in total. The van der Waals surface area contributed by atoms with Gasteiger partial charge in [-0.3, -0.25) is 0 Å². The molecular formula is C7H10N. The van der Waals surface area contributed by atoms with E-state index in [9.17, 15) is 0 Å². The molecule has 0 aliphatic heterocycles. The first-order valence-corrected chi connectivity index (χ1v) is 2.82. The van der Waals surface area contributed by atoms with Crippen LogP contribution in [0.4, 0.5) is 0 Å². The van der Waals surface area contributed by atoms with Crippen LogP contribution in [0.25, 0.3) is 0 Å². The molecule has 0 unspecified atom stereocenters. The minimum absolute atomic E-state index is 1.01. The van der Waals surface area contributed by atoms with Crippen LogP contribution in [0.3, 0.4) is 0 Å². The van der Waals surface area contributed by atoms with Gasteiger partial charge in [0.15, 0.2) is 0 Å². The van der Waals surface area contributed by atoms with E-state index in [4.69, 9.17) is 5.73 Å². The van der Waals surface area contributed by atoms with Gasteiger partial charge >= 0.3 is 0 Å². The third-order valence-electron chi connectivity index (χ3n) is 1.25. The molecule has 0 atom stereocenters. The van der Waals surface area contributed by atoms with Crippen LogP contribution in [0.1, 0.15) is 12.8 Å². The zero-order valence-corrected chi connectivity index (χ0v) is 4.80. The van der Waals surface area contributed by atoms with Gasteiger partial charge in [0.05, 0.1) is 0 Å². The van der Waals surface area contributed by atoms with Gasteiger partial charge in [-0.1, -0.05) is 23.8 Å². The van der Waals surface area contributed by atoms with E-state index in [0.717, 1.165) is 12.8 Å². The van der Waals surface area contributed by atoms with Crippen molar-refractivity contribution in [1.29, 1.82) is 0 Å². The van der Waals surface area contributed by atoms with E-state index in [2.05, 4.69) is 18.2 Å². The van der Waals surface area contributed by atoms with Gasteiger partial charge in [-0.25, -0.2) is 0 Å². The first-order valence-electron chi connectivity index (χ1n) is 2.82. The van der Waals surface area contributed by atoms with Gasteiger partial charge in [0, 0.05) is 6.54 Å². The second kappa shape index (κ2) is 2.68. The summed E-state index contributed by atoms with van der Waals surface area (Å²) in [5, 5.41) is 0. The molecule has 1 rings (SSSR count). The fourth-order valence-electron chi connectivity index (χ4n) is 0.754. The molecule has 0 aromatic heterocycles. The molecule has 43 valence electrons. The van der Waals surface area contributed by atoms with Crippen molar-refractivity contribution in [2.24, 2.45) is 5.73 Å². The van der Waals surface area contributed by atoms with Crippen molar-refractivity contribution in [2.45, 2.75) is 12.8 Å². The standard InChI is InChI=1S/C7H10N/c8-6-7-4-2-1-3-5-7/h1-2,5-6H,3-4,8H2. The smallest absolute Gasteiger partial charge is 0.0450 e. The van der Waals surface area contributed by atoms with Crippen molar-refractivity contribution in [2.75, 3.05) is 0 Å². The Kier molecular flexibility index (Phi) is 1.86. The Labute approximate surface area is 49.9 Å². The molecule has 0 bridgehead atoms. The van der Waals surface area contributed by atoms with E-state index in [0.29, 0.717) is 0 Å². The second-order valence-corrected chi connectivity index (χ2v) is 1.86. The fourth-order valence-corrected chi connectivity index (χ4v) is 0.754. The van der Waals surface area contributed by atoms with Gasteiger partial charge in [-0.05, 0) is 12.8 Å². The van der Waals surface area contributed by atoms with E-state index in [-0.39, 0.29) is 0 Å². The SMILES string of the molecule is N[CH]C1=CCC=CC1. The van der Waals surface area contributed by atoms with E-state index in [1.54, 1.807) is 6.54 Å². The first-order chi connectivity index (χ1) is 3.93. The molecule has 0 heterocycles. The molecule has 0 aromatic rings. The van der Waals surface area contributed by atoms with Crippen LogP contribution in [-0.2, 0) is 0 Å². The molecule has 0 saturated heterocycles. The van der Waals surface area contributed by atoms with Crippen LogP contribution in [0, 0.1) is 6.54 Å². The van der Waals surface area contributed by atoms with Crippen LogP contribution in [-0.4, -0.2) is 0 Å². The van der Waals surface area contributed by atoms with E-state index < -0.39 is 0 Å². The molecule has 0 spiro atoms. The van der Waals surface area contributed by atoms with E-state index in [1.165, 1.54) is 5.57 Å². The highest BCUT2D eigenvalue weighted by molar-refractivity contribution is 5.20. The normalized spacial score (nSPS) is 18.4. The maximum absolute atomic E-state index is 5.28. The van der Waals surface area contributed by atoms with E-state index in [1.807, 2.05) is 0 Å². The summed E-state index contributed by atoms with van der Waals surface area (Å²) in [6.45, 7) is 1.67. The van der Waals surface area contributed by atoms with Gasteiger partial charge in [-0.2, -0.15) is 0 Å². The van der Waals surface area contributed by atoms with Crippen LogP contribution in [0.2, 0.25) is 0 Å². The number of hydrogen-bond acceptors (Lipinski definition) is 1. The van der Waals surface area contributed by atoms with Gasteiger partial charge < -0.3 is 5.73 Å².